The van der Waals surface area contributed by atoms with Crippen molar-refractivity contribution in [3.8, 4) is 0 Å². The van der Waals surface area contributed by atoms with Crippen LogP contribution in [0.4, 0.5) is 0 Å². The molecule has 0 aromatic rings. The van der Waals surface area contributed by atoms with Crippen molar-refractivity contribution in [2.24, 2.45) is 0 Å². The van der Waals surface area contributed by atoms with Crippen molar-refractivity contribution < 1.29 is 33.1 Å². The quantitative estimate of drug-likeness (QED) is 0.462. The van der Waals surface area contributed by atoms with Gasteiger partial charge in [-0.3, -0.25) is 9.05 Å². The summed E-state index contributed by atoms with van der Waals surface area (Å²) in [7, 11) is -0.445. The Hall–Kier alpha value is 0.120. The average molecular weight is 334 g/mol. The van der Waals surface area contributed by atoms with Gasteiger partial charge in [-0.25, -0.2) is 4.57 Å². The Morgan fingerprint density at radius 1 is 1.23 bits per heavy atom. The number of phosphoric ester groups is 1. The summed E-state index contributed by atoms with van der Waals surface area (Å²) in [4.78, 5) is 9.88. The first kappa shape index (κ1) is 18.5. The zero-order valence-electron chi connectivity index (χ0n) is 13.4. The highest BCUT2D eigenvalue weighted by Gasteiger charge is 2.40. The second-order valence-electron chi connectivity index (χ2n) is 6.21. The van der Waals surface area contributed by atoms with Gasteiger partial charge in [0, 0.05) is 12.0 Å². The fraction of sp³-hybridized carbons (Fsp3) is 1.00. The van der Waals surface area contributed by atoms with Gasteiger partial charge in [0.05, 0.1) is 24.9 Å². The van der Waals surface area contributed by atoms with E-state index in [2.05, 4.69) is 0 Å². The van der Waals surface area contributed by atoms with Crippen molar-refractivity contribution in [2.75, 3.05) is 6.61 Å². The van der Waals surface area contributed by atoms with E-state index in [0.29, 0.717) is 12.8 Å². The lowest BCUT2D eigenvalue weighted by molar-refractivity contribution is -0.0174. The van der Waals surface area contributed by atoms with Crippen LogP contribution < -0.4 is 0 Å². The fourth-order valence-electron chi connectivity index (χ4n) is 3.03. The largest absolute Gasteiger partial charge is 0.472 e. The van der Waals surface area contributed by atoms with Gasteiger partial charge in [0.25, 0.3) is 0 Å². The average Bonchev–Trinajstić information content (AvgIpc) is 2.90. The molecule has 0 amide bonds. The Morgan fingerprint density at radius 3 is 2.45 bits per heavy atom. The van der Waals surface area contributed by atoms with Gasteiger partial charge in [-0.2, -0.15) is 0 Å². The van der Waals surface area contributed by atoms with Gasteiger partial charge in [-0.05, 0) is 19.3 Å². The van der Waals surface area contributed by atoms with E-state index in [1.807, 2.05) is 22.6 Å². The second kappa shape index (κ2) is 7.79. The van der Waals surface area contributed by atoms with Crippen LogP contribution in [0.5, 0.6) is 0 Å². The normalized spacial score (nSPS) is 41.6. The third-order valence-corrected chi connectivity index (χ3v) is 5.05. The first-order valence-electron chi connectivity index (χ1n) is 7.95. The van der Waals surface area contributed by atoms with Crippen LogP contribution in [0.3, 0.4) is 0 Å². The monoisotopic (exact) mass is 334 g/mol. The summed E-state index contributed by atoms with van der Waals surface area (Å²) in [6.07, 6.45) is 0.846. The summed E-state index contributed by atoms with van der Waals surface area (Å²) in [6.45, 7) is 1.86. The molecule has 3 unspecified atom stereocenters. The maximum Gasteiger partial charge on any atom is 0.472 e. The molecule has 0 saturated carbocycles. The molecule has 2 rings (SSSR count). The van der Waals surface area contributed by atoms with Crippen molar-refractivity contribution in [2.45, 2.75) is 69.0 Å². The Kier molecular flexibility index (Phi) is 6.54. The lowest BCUT2D eigenvalue weighted by Gasteiger charge is -2.22. The summed E-state index contributed by atoms with van der Waals surface area (Å²) in [5, 5.41) is 9.75. The molecule has 0 aromatic heterocycles. The van der Waals surface area contributed by atoms with Gasteiger partial charge >= 0.3 is 7.82 Å². The van der Waals surface area contributed by atoms with E-state index in [-0.39, 0.29) is 24.7 Å². The van der Waals surface area contributed by atoms with Crippen molar-refractivity contribution in [1.82, 2.24) is 0 Å². The molecule has 2 N–H and O–H groups in total. The molecule has 2 fully saturated rings. The molecule has 10 heteroatoms. The molecular formula is C12H25B2O7P. The third-order valence-electron chi connectivity index (χ3n) is 4.04. The van der Waals surface area contributed by atoms with Crippen LogP contribution in [0.2, 0.25) is 0 Å². The predicted octanol–water partition coefficient (Wildman–Crippen LogP) is -0.854. The lowest BCUT2D eigenvalue weighted by atomic mass is 9.96. The molecule has 0 spiro atoms. The van der Waals surface area contributed by atoms with Gasteiger partial charge < -0.3 is 19.5 Å². The molecule has 0 radical (unpaired) electrons. The van der Waals surface area contributed by atoms with Crippen LogP contribution in [0.25, 0.3) is 0 Å². The summed E-state index contributed by atoms with van der Waals surface area (Å²) in [5.41, 5.74) is 0. The minimum absolute atomic E-state index is 0.00221. The highest BCUT2D eigenvalue weighted by molar-refractivity contribution is 7.47. The number of rotatable bonds is 7. The number of hydrogen-bond acceptors (Lipinski definition) is 6. The van der Waals surface area contributed by atoms with Gasteiger partial charge in [-0.1, -0.05) is 13.3 Å². The van der Waals surface area contributed by atoms with E-state index < -0.39 is 26.1 Å². The Labute approximate surface area is 133 Å². The number of ether oxygens (including phenoxy) is 2. The van der Waals surface area contributed by atoms with Gasteiger partial charge in [0.1, 0.15) is 21.8 Å². The first-order chi connectivity index (χ1) is 10.3. The number of aliphatic hydroxyl groups excluding tert-OH is 1. The van der Waals surface area contributed by atoms with E-state index in [9.17, 15) is 14.6 Å². The van der Waals surface area contributed by atoms with E-state index in [4.69, 9.17) is 18.5 Å². The maximum absolute atomic E-state index is 12.1. The van der Waals surface area contributed by atoms with Crippen LogP contribution in [0.15, 0.2) is 0 Å². The molecule has 0 bridgehead atoms. The van der Waals surface area contributed by atoms with Crippen LogP contribution in [0.1, 0.15) is 32.6 Å². The van der Waals surface area contributed by atoms with Gasteiger partial charge in [0.15, 0.2) is 0 Å². The molecule has 22 heavy (non-hydrogen) atoms. The van der Waals surface area contributed by atoms with Crippen LogP contribution in [-0.2, 0) is 23.1 Å². The highest BCUT2D eigenvalue weighted by Crippen LogP contribution is 2.48. The van der Waals surface area contributed by atoms with E-state index in [1.165, 1.54) is 0 Å². The molecule has 7 nitrogen and oxygen atoms in total. The van der Waals surface area contributed by atoms with Crippen molar-refractivity contribution in [1.29, 1.82) is 0 Å². The molecule has 2 heterocycles. The zero-order valence-corrected chi connectivity index (χ0v) is 14.3. The molecular weight excluding hydrogens is 309 g/mol. The molecule has 0 aromatic carbocycles. The molecule has 2 saturated heterocycles. The van der Waals surface area contributed by atoms with Crippen molar-refractivity contribution in [3.63, 3.8) is 0 Å². The standard InChI is InChI=1S/C12H25B2O7P/c1-2-3-8-9(5-12(14)19-8)21-22(16,17)18-6-10-7(15)4-11(13)20-10/h7-12,15H,2-6,13-14H2,1H3,(H,16,17)/t7-,8?,9-,10?,11-,12-/m1/s1. The SMILES string of the molecule is B[C@H]1C[C@@H](O)C(COP(=O)(O)O[C@@H]2C[C@H](B)OC2CCC)O1. The Balaban J connectivity index is 1.83. The summed E-state index contributed by atoms with van der Waals surface area (Å²) >= 11 is 0. The first-order valence-corrected chi connectivity index (χ1v) is 9.45. The molecule has 2 aliphatic heterocycles. The van der Waals surface area contributed by atoms with E-state index in [1.54, 1.807) is 0 Å². The van der Waals surface area contributed by atoms with E-state index >= 15 is 0 Å². The minimum atomic E-state index is -4.20. The number of aliphatic hydroxyl groups is 1. The smallest absolute Gasteiger partial charge is 0.390 e. The van der Waals surface area contributed by atoms with Crippen LogP contribution in [0, 0.1) is 0 Å². The van der Waals surface area contributed by atoms with Crippen LogP contribution in [-0.4, -0.2) is 68.7 Å². The topological polar surface area (TPSA) is 94.5 Å². The van der Waals surface area contributed by atoms with Crippen molar-refractivity contribution in [3.05, 3.63) is 0 Å². The maximum atomic E-state index is 12.1. The van der Waals surface area contributed by atoms with Gasteiger partial charge in [-0.15, -0.1) is 0 Å². The Morgan fingerprint density at radius 2 is 1.86 bits per heavy atom. The minimum Gasteiger partial charge on any atom is -0.390 e. The van der Waals surface area contributed by atoms with E-state index in [0.717, 1.165) is 12.8 Å². The highest BCUT2D eigenvalue weighted by atomic mass is 31.2. The van der Waals surface area contributed by atoms with Gasteiger partial charge in [0.2, 0.25) is 0 Å². The summed E-state index contributed by atoms with van der Waals surface area (Å²) < 4.78 is 33.5. The lowest BCUT2D eigenvalue weighted by Crippen LogP contribution is -2.27. The Bertz CT molecular complexity index is 413. The molecule has 2 aliphatic rings. The number of hydrogen-bond donors (Lipinski definition) is 2. The van der Waals surface area contributed by atoms with Crippen molar-refractivity contribution >= 4 is 23.5 Å². The molecule has 7 atom stereocenters. The fourth-order valence-corrected chi connectivity index (χ4v) is 3.99. The molecule has 126 valence electrons. The second-order valence-corrected chi connectivity index (χ2v) is 7.61. The third kappa shape index (κ3) is 5.06. The summed E-state index contributed by atoms with van der Waals surface area (Å²) in [6, 6.07) is -0.0806. The molecule has 0 aliphatic carbocycles. The summed E-state index contributed by atoms with van der Waals surface area (Å²) in [5.74, 6) is 0. The van der Waals surface area contributed by atoms with Crippen LogP contribution >= 0.6 is 7.82 Å². The number of phosphoric acid groups is 1. The zero-order chi connectivity index (χ0) is 16.3. The predicted molar refractivity (Wildman–Crippen MR) is 85.2 cm³/mol.